The molecular formula is C23H27ClN2O5S. The second-order valence-electron chi connectivity index (χ2n) is 7.77. The molecule has 0 N–H and O–H groups in total. The summed E-state index contributed by atoms with van der Waals surface area (Å²) in [6.45, 7) is 2.85. The molecular weight excluding hydrogens is 452 g/mol. The third-order valence-electron chi connectivity index (χ3n) is 5.45. The molecule has 0 radical (unpaired) electrons. The summed E-state index contributed by atoms with van der Waals surface area (Å²) in [5, 5.41) is 0.407. The lowest BCUT2D eigenvalue weighted by atomic mass is 10.2. The van der Waals surface area contributed by atoms with Crippen molar-refractivity contribution in [2.75, 3.05) is 24.4 Å². The minimum absolute atomic E-state index is 0.0566. The van der Waals surface area contributed by atoms with Gasteiger partial charge in [-0.2, -0.15) is 0 Å². The van der Waals surface area contributed by atoms with Crippen molar-refractivity contribution >= 4 is 39.2 Å². The summed E-state index contributed by atoms with van der Waals surface area (Å²) in [6.07, 6.45) is 3.10. The molecule has 0 spiro atoms. The Morgan fingerprint density at radius 1 is 1.03 bits per heavy atom. The molecule has 2 aromatic rings. The van der Waals surface area contributed by atoms with Crippen LogP contribution in [0.15, 0.2) is 53.4 Å². The predicted octanol–water partition coefficient (Wildman–Crippen LogP) is 4.11. The number of hydrogen-bond donors (Lipinski definition) is 0. The van der Waals surface area contributed by atoms with E-state index in [9.17, 15) is 18.0 Å². The Balaban J connectivity index is 1.74. The minimum Gasteiger partial charge on any atom is -0.449 e. The zero-order valence-corrected chi connectivity index (χ0v) is 19.7. The molecule has 0 saturated carbocycles. The Morgan fingerprint density at radius 2 is 1.69 bits per heavy atom. The fourth-order valence-corrected chi connectivity index (χ4v) is 5.00. The summed E-state index contributed by atoms with van der Waals surface area (Å²) < 4.78 is 32.6. The van der Waals surface area contributed by atoms with Crippen molar-refractivity contribution in [3.8, 4) is 0 Å². The molecule has 1 atom stereocenters. The van der Waals surface area contributed by atoms with Crippen LogP contribution in [-0.4, -0.2) is 51.4 Å². The van der Waals surface area contributed by atoms with Gasteiger partial charge in [0, 0.05) is 25.2 Å². The highest BCUT2D eigenvalue weighted by molar-refractivity contribution is 7.92. The van der Waals surface area contributed by atoms with Gasteiger partial charge in [0.25, 0.3) is 15.9 Å². The Kier molecular flexibility index (Phi) is 7.79. The Bertz CT molecular complexity index is 1080. The largest absolute Gasteiger partial charge is 0.449 e. The fraction of sp³-hybridized carbons (Fsp3) is 0.391. The van der Waals surface area contributed by atoms with Crippen molar-refractivity contribution < 1.29 is 22.7 Å². The van der Waals surface area contributed by atoms with Crippen LogP contribution in [0.1, 0.15) is 43.0 Å². The number of amides is 1. The lowest BCUT2D eigenvalue weighted by Gasteiger charge is -2.24. The third kappa shape index (κ3) is 5.61. The standard InChI is InChI=1S/C23H27ClN2O5S/c1-17(22(27)26-13-5-3-4-6-14-26)31-23(28)18-9-7-12-21(15-18)32(29,30)25(2)20-11-8-10-19(24)16-20/h7-12,15-17H,3-6,13-14H2,1-2H3. The van der Waals surface area contributed by atoms with Gasteiger partial charge in [0.15, 0.2) is 6.10 Å². The second kappa shape index (κ2) is 10.4. The van der Waals surface area contributed by atoms with E-state index in [2.05, 4.69) is 0 Å². The van der Waals surface area contributed by atoms with Crippen molar-refractivity contribution in [1.82, 2.24) is 4.90 Å². The predicted molar refractivity (Wildman–Crippen MR) is 123 cm³/mol. The van der Waals surface area contributed by atoms with Crippen LogP contribution >= 0.6 is 11.6 Å². The number of nitrogens with zero attached hydrogens (tertiary/aromatic N) is 2. The molecule has 32 heavy (non-hydrogen) atoms. The maximum atomic E-state index is 13.1. The molecule has 3 rings (SSSR count). The van der Waals surface area contributed by atoms with Gasteiger partial charge >= 0.3 is 5.97 Å². The molecule has 1 fully saturated rings. The molecule has 1 saturated heterocycles. The number of anilines is 1. The average molecular weight is 479 g/mol. The van der Waals surface area contributed by atoms with Crippen molar-refractivity contribution in [3.63, 3.8) is 0 Å². The lowest BCUT2D eigenvalue weighted by Crippen LogP contribution is -2.40. The van der Waals surface area contributed by atoms with Gasteiger partial charge in [0.05, 0.1) is 16.1 Å². The fourth-order valence-electron chi connectivity index (χ4n) is 3.58. The van der Waals surface area contributed by atoms with Crippen LogP contribution in [0.2, 0.25) is 5.02 Å². The normalized spacial score (nSPS) is 15.5. The van der Waals surface area contributed by atoms with Crippen LogP contribution in [0.3, 0.4) is 0 Å². The quantitative estimate of drug-likeness (QED) is 0.583. The maximum Gasteiger partial charge on any atom is 0.338 e. The van der Waals surface area contributed by atoms with Gasteiger partial charge in [-0.1, -0.05) is 36.6 Å². The van der Waals surface area contributed by atoms with Gasteiger partial charge in [-0.05, 0) is 56.2 Å². The summed E-state index contributed by atoms with van der Waals surface area (Å²) in [4.78, 5) is 27.0. The van der Waals surface area contributed by atoms with Gasteiger partial charge in [-0.25, -0.2) is 13.2 Å². The minimum atomic E-state index is -3.94. The van der Waals surface area contributed by atoms with E-state index in [-0.39, 0.29) is 16.4 Å². The number of carbonyl (C=O) groups is 2. The number of rotatable bonds is 6. The number of benzene rings is 2. The van der Waals surface area contributed by atoms with Crippen LogP contribution in [0.5, 0.6) is 0 Å². The van der Waals surface area contributed by atoms with Crippen LogP contribution in [-0.2, 0) is 19.6 Å². The zero-order valence-electron chi connectivity index (χ0n) is 18.2. The topological polar surface area (TPSA) is 84.0 Å². The first-order valence-electron chi connectivity index (χ1n) is 10.5. The van der Waals surface area contributed by atoms with E-state index >= 15 is 0 Å². The van der Waals surface area contributed by atoms with E-state index in [0.29, 0.717) is 23.8 Å². The Morgan fingerprint density at radius 3 is 2.34 bits per heavy atom. The number of halogens is 1. The summed E-state index contributed by atoms with van der Waals surface area (Å²) in [5.41, 5.74) is 0.447. The second-order valence-corrected chi connectivity index (χ2v) is 10.2. The van der Waals surface area contributed by atoms with E-state index in [1.54, 1.807) is 30.0 Å². The highest BCUT2D eigenvalue weighted by Crippen LogP contribution is 2.25. The van der Waals surface area contributed by atoms with Crippen LogP contribution < -0.4 is 4.31 Å². The van der Waals surface area contributed by atoms with Crippen LogP contribution in [0.4, 0.5) is 5.69 Å². The smallest absolute Gasteiger partial charge is 0.338 e. The summed E-state index contributed by atoms with van der Waals surface area (Å²) in [7, 11) is -2.53. The van der Waals surface area contributed by atoms with Crippen molar-refractivity contribution in [2.45, 2.75) is 43.6 Å². The van der Waals surface area contributed by atoms with E-state index in [4.69, 9.17) is 16.3 Å². The van der Waals surface area contributed by atoms with E-state index in [1.807, 2.05) is 0 Å². The molecule has 2 aromatic carbocycles. The molecule has 1 unspecified atom stereocenters. The van der Waals surface area contributed by atoms with Crippen molar-refractivity contribution in [1.29, 1.82) is 0 Å². The molecule has 1 aliphatic rings. The first-order valence-corrected chi connectivity index (χ1v) is 12.4. The number of likely N-dealkylation sites (tertiary alicyclic amines) is 1. The number of carbonyl (C=O) groups excluding carboxylic acids is 2. The van der Waals surface area contributed by atoms with Crippen LogP contribution in [0.25, 0.3) is 0 Å². The van der Waals surface area contributed by atoms with Gasteiger partial charge in [0.1, 0.15) is 0 Å². The number of hydrogen-bond acceptors (Lipinski definition) is 5. The highest BCUT2D eigenvalue weighted by Gasteiger charge is 2.27. The molecule has 7 nitrogen and oxygen atoms in total. The average Bonchev–Trinajstić information content (AvgIpc) is 3.07. The third-order valence-corrected chi connectivity index (χ3v) is 7.47. The molecule has 9 heteroatoms. The molecule has 1 heterocycles. The van der Waals surface area contributed by atoms with E-state index in [1.165, 1.54) is 37.4 Å². The monoisotopic (exact) mass is 478 g/mol. The van der Waals surface area contributed by atoms with E-state index < -0.39 is 22.1 Å². The zero-order chi connectivity index (χ0) is 23.3. The van der Waals surface area contributed by atoms with Gasteiger partial charge in [0.2, 0.25) is 0 Å². The molecule has 0 bridgehead atoms. The summed E-state index contributed by atoms with van der Waals surface area (Å²) in [5.74, 6) is -0.979. The molecule has 0 aliphatic carbocycles. The molecule has 0 aromatic heterocycles. The number of esters is 1. The summed E-state index contributed by atoms with van der Waals surface area (Å²) >= 11 is 5.98. The molecule has 1 amide bonds. The van der Waals surface area contributed by atoms with Crippen molar-refractivity contribution in [2.24, 2.45) is 0 Å². The van der Waals surface area contributed by atoms with Gasteiger partial charge < -0.3 is 9.64 Å². The number of ether oxygens (including phenoxy) is 1. The number of sulfonamides is 1. The van der Waals surface area contributed by atoms with Crippen LogP contribution in [0, 0.1) is 0 Å². The first kappa shape index (κ1) is 24.1. The van der Waals surface area contributed by atoms with Crippen molar-refractivity contribution in [3.05, 3.63) is 59.1 Å². The molecule has 1 aliphatic heterocycles. The SMILES string of the molecule is CC(OC(=O)c1cccc(S(=O)(=O)N(C)c2cccc(Cl)c2)c1)C(=O)N1CCCCCC1. The Labute approximate surface area is 194 Å². The Hall–Kier alpha value is -2.58. The van der Waals surface area contributed by atoms with Gasteiger partial charge in [-0.15, -0.1) is 0 Å². The van der Waals surface area contributed by atoms with Gasteiger partial charge in [-0.3, -0.25) is 9.10 Å². The lowest BCUT2D eigenvalue weighted by molar-refractivity contribution is -0.139. The first-order chi connectivity index (χ1) is 15.2. The summed E-state index contributed by atoms with van der Waals surface area (Å²) in [6, 6.07) is 12.0. The maximum absolute atomic E-state index is 13.1. The van der Waals surface area contributed by atoms with E-state index in [0.717, 1.165) is 30.0 Å². The highest BCUT2D eigenvalue weighted by atomic mass is 35.5. The molecule has 172 valence electrons.